The van der Waals surface area contributed by atoms with E-state index in [-0.39, 0.29) is 0 Å². The Morgan fingerprint density at radius 2 is 2.50 bits per heavy atom. The van der Waals surface area contributed by atoms with Gasteiger partial charge >= 0.3 is 0 Å². The first-order valence-electron chi connectivity index (χ1n) is 4.01. The lowest BCUT2D eigenvalue weighted by Crippen LogP contribution is -2.08. The van der Waals surface area contributed by atoms with Crippen LogP contribution >= 0.6 is 0 Å². The minimum atomic E-state index is -0.570. The minimum Gasteiger partial charge on any atom is -0.443 e. The molecule has 1 heterocycles. The topological polar surface area (TPSA) is 38.1 Å². The normalized spacial score (nSPS) is 10.5. The number of nitrogens with one attached hydrogen (secondary N) is 1. The number of alkyl halides is 1. The Morgan fingerprint density at radius 1 is 1.67 bits per heavy atom. The molecule has 0 aliphatic heterocycles. The molecule has 1 rings (SSSR count). The highest BCUT2D eigenvalue weighted by molar-refractivity contribution is 4.92. The third-order valence-corrected chi connectivity index (χ3v) is 1.55. The number of rotatable bonds is 5. The predicted molar refractivity (Wildman–Crippen MR) is 43.6 cm³/mol. The monoisotopic (exact) mass is 172 g/mol. The molecule has 68 valence electrons. The standard InChI is InChI=1S/C8H13FN2O/c1-10-4-2-3-8-11-6-7(5-9)12-8/h6,10H,2-5H2,1H3. The SMILES string of the molecule is CNCCCc1ncc(CF)o1. The minimum absolute atomic E-state index is 0.314. The van der Waals surface area contributed by atoms with Crippen LogP contribution in [0.5, 0.6) is 0 Å². The maximum atomic E-state index is 12.0. The number of hydrogen-bond acceptors (Lipinski definition) is 3. The van der Waals surface area contributed by atoms with Crippen LogP contribution < -0.4 is 5.32 Å². The van der Waals surface area contributed by atoms with E-state index < -0.39 is 6.67 Å². The summed E-state index contributed by atoms with van der Waals surface area (Å²) in [4.78, 5) is 3.92. The van der Waals surface area contributed by atoms with E-state index in [4.69, 9.17) is 4.42 Å². The summed E-state index contributed by atoms with van der Waals surface area (Å²) >= 11 is 0. The maximum Gasteiger partial charge on any atom is 0.194 e. The van der Waals surface area contributed by atoms with Crippen LogP contribution in [0.15, 0.2) is 10.6 Å². The quantitative estimate of drug-likeness (QED) is 0.680. The summed E-state index contributed by atoms with van der Waals surface area (Å²) in [6.45, 7) is 0.354. The van der Waals surface area contributed by atoms with Crippen LogP contribution in [0.2, 0.25) is 0 Å². The number of nitrogens with zero attached hydrogens (tertiary/aromatic N) is 1. The van der Waals surface area contributed by atoms with Crippen molar-refractivity contribution in [1.82, 2.24) is 10.3 Å². The van der Waals surface area contributed by atoms with Crippen LogP contribution in [-0.2, 0) is 13.1 Å². The lowest BCUT2D eigenvalue weighted by molar-refractivity contribution is 0.372. The Morgan fingerprint density at radius 3 is 3.08 bits per heavy atom. The zero-order valence-electron chi connectivity index (χ0n) is 7.14. The number of aromatic nitrogens is 1. The summed E-state index contributed by atoms with van der Waals surface area (Å²) in [6.07, 6.45) is 3.16. The summed E-state index contributed by atoms with van der Waals surface area (Å²) in [5.41, 5.74) is 0. The predicted octanol–water partition coefficient (Wildman–Crippen LogP) is 1.30. The summed E-state index contributed by atoms with van der Waals surface area (Å²) in [5.74, 6) is 0.937. The van der Waals surface area contributed by atoms with Gasteiger partial charge in [0.15, 0.2) is 11.7 Å². The fourth-order valence-electron chi connectivity index (χ4n) is 0.942. The van der Waals surface area contributed by atoms with Gasteiger partial charge in [-0.15, -0.1) is 0 Å². The molecule has 1 aromatic heterocycles. The van der Waals surface area contributed by atoms with Crippen molar-refractivity contribution in [2.45, 2.75) is 19.5 Å². The number of aryl methyl sites for hydroxylation is 1. The van der Waals surface area contributed by atoms with Crippen molar-refractivity contribution < 1.29 is 8.81 Å². The Balaban J connectivity index is 2.31. The first kappa shape index (κ1) is 9.19. The van der Waals surface area contributed by atoms with Crippen LogP contribution in [0, 0.1) is 0 Å². The first-order valence-corrected chi connectivity index (χ1v) is 4.01. The van der Waals surface area contributed by atoms with E-state index in [0.717, 1.165) is 19.4 Å². The smallest absolute Gasteiger partial charge is 0.194 e. The largest absolute Gasteiger partial charge is 0.443 e. The van der Waals surface area contributed by atoms with Gasteiger partial charge in [0.25, 0.3) is 0 Å². The zero-order chi connectivity index (χ0) is 8.81. The van der Waals surface area contributed by atoms with Gasteiger partial charge in [-0.25, -0.2) is 9.37 Å². The summed E-state index contributed by atoms with van der Waals surface area (Å²) in [7, 11) is 1.89. The van der Waals surface area contributed by atoms with Gasteiger partial charge in [-0.1, -0.05) is 0 Å². The van der Waals surface area contributed by atoms with E-state index in [1.54, 1.807) is 0 Å². The Hall–Kier alpha value is -0.900. The van der Waals surface area contributed by atoms with Gasteiger partial charge in [0.05, 0.1) is 6.20 Å². The molecule has 4 heteroatoms. The van der Waals surface area contributed by atoms with E-state index >= 15 is 0 Å². The van der Waals surface area contributed by atoms with E-state index in [0.29, 0.717) is 11.7 Å². The average molecular weight is 172 g/mol. The summed E-state index contributed by atoms with van der Waals surface area (Å²) in [5, 5.41) is 3.02. The zero-order valence-corrected chi connectivity index (χ0v) is 7.14. The second-order valence-electron chi connectivity index (χ2n) is 2.56. The fourth-order valence-corrected chi connectivity index (χ4v) is 0.942. The molecule has 0 spiro atoms. The highest BCUT2D eigenvalue weighted by Gasteiger charge is 2.01. The highest BCUT2D eigenvalue weighted by Crippen LogP contribution is 2.06. The lowest BCUT2D eigenvalue weighted by atomic mass is 10.3. The van der Waals surface area contributed by atoms with Gasteiger partial charge in [0, 0.05) is 6.42 Å². The molecule has 3 nitrogen and oxygen atoms in total. The second-order valence-corrected chi connectivity index (χ2v) is 2.56. The molecular weight excluding hydrogens is 159 g/mol. The number of hydrogen-bond donors (Lipinski definition) is 1. The van der Waals surface area contributed by atoms with Crippen molar-refractivity contribution in [2.75, 3.05) is 13.6 Å². The number of halogens is 1. The first-order chi connectivity index (χ1) is 5.86. The Bertz CT molecular complexity index is 225. The fraction of sp³-hybridized carbons (Fsp3) is 0.625. The molecule has 0 atom stereocenters. The van der Waals surface area contributed by atoms with Gasteiger partial charge in [-0.3, -0.25) is 0 Å². The molecule has 1 aromatic rings. The molecule has 0 aliphatic rings. The molecular formula is C8H13FN2O. The molecule has 0 amide bonds. The molecule has 0 saturated carbocycles. The van der Waals surface area contributed by atoms with E-state index in [1.165, 1.54) is 6.20 Å². The van der Waals surface area contributed by atoms with Crippen molar-refractivity contribution in [3.8, 4) is 0 Å². The van der Waals surface area contributed by atoms with Crippen molar-refractivity contribution in [3.63, 3.8) is 0 Å². The molecule has 0 aromatic carbocycles. The molecule has 1 N–H and O–H groups in total. The maximum absolute atomic E-state index is 12.0. The third-order valence-electron chi connectivity index (χ3n) is 1.55. The number of oxazole rings is 1. The van der Waals surface area contributed by atoms with E-state index in [1.807, 2.05) is 7.05 Å². The summed E-state index contributed by atoms with van der Waals surface area (Å²) in [6, 6.07) is 0. The van der Waals surface area contributed by atoms with Gasteiger partial charge in [-0.2, -0.15) is 0 Å². The van der Waals surface area contributed by atoms with Gasteiger partial charge in [0.1, 0.15) is 6.67 Å². The van der Waals surface area contributed by atoms with Gasteiger partial charge < -0.3 is 9.73 Å². The third kappa shape index (κ3) is 2.62. The molecule has 0 bridgehead atoms. The molecule has 0 radical (unpaired) electrons. The van der Waals surface area contributed by atoms with E-state index in [9.17, 15) is 4.39 Å². The van der Waals surface area contributed by atoms with Crippen molar-refractivity contribution in [2.24, 2.45) is 0 Å². The van der Waals surface area contributed by atoms with Crippen molar-refractivity contribution in [3.05, 3.63) is 17.8 Å². The van der Waals surface area contributed by atoms with Crippen LogP contribution in [0.1, 0.15) is 18.1 Å². The van der Waals surface area contributed by atoms with Crippen molar-refractivity contribution >= 4 is 0 Å². The van der Waals surface area contributed by atoms with Crippen LogP contribution in [0.3, 0.4) is 0 Å². The molecule has 12 heavy (non-hydrogen) atoms. The van der Waals surface area contributed by atoms with Gasteiger partial charge in [0.2, 0.25) is 0 Å². The Labute approximate surface area is 71.0 Å². The molecule has 0 fully saturated rings. The lowest BCUT2D eigenvalue weighted by Gasteiger charge is -1.94. The van der Waals surface area contributed by atoms with Gasteiger partial charge in [-0.05, 0) is 20.0 Å². The van der Waals surface area contributed by atoms with Crippen LogP contribution in [-0.4, -0.2) is 18.6 Å². The summed E-state index contributed by atoms with van der Waals surface area (Å²) < 4.78 is 17.0. The highest BCUT2D eigenvalue weighted by atomic mass is 19.1. The van der Waals surface area contributed by atoms with Crippen molar-refractivity contribution in [1.29, 1.82) is 0 Å². The van der Waals surface area contributed by atoms with E-state index in [2.05, 4.69) is 10.3 Å². The second kappa shape index (κ2) is 4.87. The molecule has 0 saturated heterocycles. The van der Waals surface area contributed by atoms with Crippen LogP contribution in [0.4, 0.5) is 4.39 Å². The Kier molecular flexibility index (Phi) is 3.73. The molecule has 0 aliphatic carbocycles. The average Bonchev–Trinajstić information content (AvgIpc) is 2.53. The molecule has 0 unspecified atom stereocenters. The van der Waals surface area contributed by atoms with Crippen LogP contribution in [0.25, 0.3) is 0 Å².